The number of ether oxygens (including phenoxy) is 1. The van der Waals surface area contributed by atoms with Crippen LogP contribution in [0.4, 0.5) is 10.1 Å². The van der Waals surface area contributed by atoms with Gasteiger partial charge >= 0.3 is 0 Å². The lowest BCUT2D eigenvalue weighted by atomic mass is 10.3. The SMILES string of the molecule is CCOCC(=O)Nc1cc(Cl)c(F)c(Cl)c1. The average molecular weight is 266 g/mol. The molecule has 0 saturated carbocycles. The molecule has 1 aromatic rings. The first-order valence-corrected chi connectivity index (χ1v) is 5.32. The Morgan fingerprint density at radius 3 is 2.50 bits per heavy atom. The molecule has 6 heteroatoms. The van der Waals surface area contributed by atoms with Crippen LogP contribution in [0, 0.1) is 5.82 Å². The molecule has 0 spiro atoms. The summed E-state index contributed by atoms with van der Waals surface area (Å²) >= 11 is 11.1. The predicted octanol–water partition coefficient (Wildman–Crippen LogP) is 3.11. The molecular weight excluding hydrogens is 256 g/mol. The molecule has 0 unspecified atom stereocenters. The smallest absolute Gasteiger partial charge is 0.250 e. The maximum Gasteiger partial charge on any atom is 0.250 e. The minimum absolute atomic E-state index is 0.0664. The van der Waals surface area contributed by atoms with Crippen molar-refractivity contribution in [3.8, 4) is 0 Å². The standard InChI is InChI=1S/C10H10Cl2FNO2/c1-2-16-5-9(15)14-6-3-7(11)10(13)8(12)4-6/h3-4H,2,5H2,1H3,(H,14,15). The van der Waals surface area contributed by atoms with Gasteiger partial charge in [-0.1, -0.05) is 23.2 Å². The van der Waals surface area contributed by atoms with Gasteiger partial charge in [-0.25, -0.2) is 4.39 Å². The van der Waals surface area contributed by atoms with Crippen molar-refractivity contribution in [1.82, 2.24) is 0 Å². The number of benzene rings is 1. The second kappa shape index (κ2) is 6.03. The van der Waals surface area contributed by atoms with Gasteiger partial charge in [0.05, 0.1) is 10.0 Å². The van der Waals surface area contributed by atoms with Crippen molar-refractivity contribution >= 4 is 34.8 Å². The second-order valence-electron chi connectivity index (χ2n) is 2.94. The van der Waals surface area contributed by atoms with Crippen LogP contribution in [0.1, 0.15) is 6.92 Å². The number of anilines is 1. The number of amides is 1. The van der Waals surface area contributed by atoms with Gasteiger partial charge in [-0.3, -0.25) is 4.79 Å². The lowest BCUT2D eigenvalue weighted by molar-refractivity contribution is -0.120. The van der Waals surface area contributed by atoms with Gasteiger partial charge in [-0.05, 0) is 19.1 Å². The zero-order valence-corrected chi connectivity index (χ0v) is 10.0. The maximum absolute atomic E-state index is 13.0. The Morgan fingerprint density at radius 2 is 2.00 bits per heavy atom. The molecule has 0 atom stereocenters. The van der Waals surface area contributed by atoms with Crippen LogP contribution in [0.3, 0.4) is 0 Å². The van der Waals surface area contributed by atoms with Crippen LogP contribution in [0.5, 0.6) is 0 Å². The molecular formula is C10H10Cl2FNO2. The lowest BCUT2D eigenvalue weighted by Crippen LogP contribution is -2.18. The predicted molar refractivity (Wildman–Crippen MR) is 61.5 cm³/mol. The van der Waals surface area contributed by atoms with E-state index in [-0.39, 0.29) is 22.6 Å². The van der Waals surface area contributed by atoms with Crippen LogP contribution in [-0.2, 0) is 9.53 Å². The summed E-state index contributed by atoms with van der Waals surface area (Å²) < 4.78 is 17.9. The molecule has 1 aromatic carbocycles. The van der Waals surface area contributed by atoms with Crippen LogP contribution in [0.25, 0.3) is 0 Å². The van der Waals surface area contributed by atoms with E-state index >= 15 is 0 Å². The summed E-state index contributed by atoms with van der Waals surface area (Å²) in [5, 5.41) is 2.21. The Labute approximate surface area is 102 Å². The largest absolute Gasteiger partial charge is 0.372 e. The number of halogens is 3. The molecule has 0 radical (unpaired) electrons. The Bertz CT molecular complexity index is 375. The van der Waals surface area contributed by atoms with E-state index in [0.717, 1.165) is 0 Å². The van der Waals surface area contributed by atoms with Gasteiger partial charge in [0.25, 0.3) is 0 Å². The topological polar surface area (TPSA) is 38.3 Å². The van der Waals surface area contributed by atoms with E-state index in [0.29, 0.717) is 12.3 Å². The van der Waals surface area contributed by atoms with E-state index in [1.807, 2.05) is 0 Å². The van der Waals surface area contributed by atoms with Crippen LogP contribution >= 0.6 is 23.2 Å². The van der Waals surface area contributed by atoms with Crippen molar-refractivity contribution in [3.63, 3.8) is 0 Å². The fourth-order valence-electron chi connectivity index (χ4n) is 1.02. The summed E-state index contributed by atoms with van der Waals surface area (Å²) in [4.78, 5) is 11.3. The van der Waals surface area contributed by atoms with Crippen molar-refractivity contribution in [2.45, 2.75) is 6.92 Å². The van der Waals surface area contributed by atoms with Crippen molar-refractivity contribution in [2.24, 2.45) is 0 Å². The second-order valence-corrected chi connectivity index (χ2v) is 3.75. The zero-order valence-electron chi connectivity index (χ0n) is 8.52. The molecule has 0 aromatic heterocycles. The van der Waals surface area contributed by atoms with Crippen molar-refractivity contribution in [3.05, 3.63) is 28.0 Å². The Morgan fingerprint density at radius 1 is 1.44 bits per heavy atom. The summed E-state index contributed by atoms with van der Waals surface area (Å²) in [6, 6.07) is 2.57. The highest BCUT2D eigenvalue weighted by Gasteiger charge is 2.09. The van der Waals surface area contributed by atoms with E-state index < -0.39 is 5.82 Å². The maximum atomic E-state index is 13.0. The molecule has 0 fully saturated rings. The summed E-state index contributed by atoms with van der Waals surface area (Å²) in [6.07, 6.45) is 0. The van der Waals surface area contributed by atoms with Crippen molar-refractivity contribution < 1.29 is 13.9 Å². The number of hydrogen-bond acceptors (Lipinski definition) is 2. The molecule has 1 rings (SSSR count). The monoisotopic (exact) mass is 265 g/mol. The number of nitrogens with one attached hydrogen (secondary N) is 1. The molecule has 3 nitrogen and oxygen atoms in total. The van der Waals surface area contributed by atoms with Crippen molar-refractivity contribution in [1.29, 1.82) is 0 Å². The number of carbonyl (C=O) groups is 1. The van der Waals surface area contributed by atoms with Crippen LogP contribution in [0.2, 0.25) is 10.0 Å². The van der Waals surface area contributed by atoms with Gasteiger partial charge in [-0.2, -0.15) is 0 Å². The summed E-state index contributed by atoms with van der Waals surface area (Å²) in [5.74, 6) is -1.05. The van der Waals surface area contributed by atoms with Gasteiger partial charge in [0.15, 0.2) is 5.82 Å². The van der Waals surface area contributed by atoms with E-state index in [9.17, 15) is 9.18 Å². The van der Waals surface area contributed by atoms with Crippen LogP contribution < -0.4 is 5.32 Å². The van der Waals surface area contributed by atoms with E-state index in [2.05, 4.69) is 5.32 Å². The molecule has 0 aliphatic rings. The average Bonchev–Trinajstić information content (AvgIpc) is 2.23. The minimum Gasteiger partial charge on any atom is -0.372 e. The third-order valence-corrected chi connectivity index (χ3v) is 2.25. The highest BCUT2D eigenvalue weighted by atomic mass is 35.5. The van der Waals surface area contributed by atoms with E-state index in [1.54, 1.807) is 6.92 Å². The molecule has 0 heterocycles. The molecule has 0 saturated heterocycles. The lowest BCUT2D eigenvalue weighted by Gasteiger charge is -2.07. The fraction of sp³-hybridized carbons (Fsp3) is 0.300. The quantitative estimate of drug-likeness (QED) is 0.850. The summed E-state index contributed by atoms with van der Waals surface area (Å²) in [7, 11) is 0. The Kier molecular flexibility index (Phi) is 4.99. The summed E-state index contributed by atoms with van der Waals surface area (Å²) in [5.41, 5.74) is 0.334. The third kappa shape index (κ3) is 3.63. The van der Waals surface area contributed by atoms with E-state index in [1.165, 1.54) is 12.1 Å². The minimum atomic E-state index is -0.703. The van der Waals surface area contributed by atoms with E-state index in [4.69, 9.17) is 27.9 Å². The highest BCUT2D eigenvalue weighted by molar-refractivity contribution is 6.35. The Balaban J connectivity index is 2.71. The molecule has 0 aliphatic carbocycles. The van der Waals surface area contributed by atoms with Gasteiger partial charge in [0.2, 0.25) is 5.91 Å². The molecule has 1 N–H and O–H groups in total. The number of rotatable bonds is 4. The Hall–Kier alpha value is -0.840. The van der Waals surface area contributed by atoms with Crippen LogP contribution in [0.15, 0.2) is 12.1 Å². The molecule has 0 bridgehead atoms. The first-order chi connectivity index (χ1) is 7.54. The zero-order chi connectivity index (χ0) is 12.1. The highest BCUT2D eigenvalue weighted by Crippen LogP contribution is 2.27. The summed E-state index contributed by atoms with van der Waals surface area (Å²) in [6.45, 7) is 2.15. The van der Waals surface area contributed by atoms with Gasteiger partial charge < -0.3 is 10.1 Å². The molecule has 0 aliphatic heterocycles. The fourth-order valence-corrected chi connectivity index (χ4v) is 1.51. The molecule has 1 amide bonds. The van der Waals surface area contributed by atoms with Gasteiger partial charge in [-0.15, -0.1) is 0 Å². The number of carbonyl (C=O) groups excluding carboxylic acids is 1. The normalized spacial score (nSPS) is 10.2. The van der Waals surface area contributed by atoms with Gasteiger partial charge in [0.1, 0.15) is 6.61 Å². The van der Waals surface area contributed by atoms with Crippen LogP contribution in [-0.4, -0.2) is 19.1 Å². The number of hydrogen-bond donors (Lipinski definition) is 1. The first kappa shape index (κ1) is 13.2. The molecule has 88 valence electrons. The third-order valence-electron chi connectivity index (χ3n) is 1.70. The molecule has 16 heavy (non-hydrogen) atoms. The first-order valence-electron chi connectivity index (χ1n) is 4.56. The van der Waals surface area contributed by atoms with Crippen molar-refractivity contribution in [2.75, 3.05) is 18.5 Å². The van der Waals surface area contributed by atoms with Gasteiger partial charge in [0, 0.05) is 12.3 Å².